The lowest BCUT2D eigenvalue weighted by atomic mass is 9.44. The third-order valence-electron chi connectivity index (χ3n) is 9.08. The molecule has 2 saturated carbocycles. The van der Waals surface area contributed by atoms with Crippen LogP contribution in [0.15, 0.2) is 24.3 Å². The van der Waals surface area contributed by atoms with Gasteiger partial charge in [-0.15, -0.1) is 0 Å². The van der Waals surface area contributed by atoms with Crippen LogP contribution >= 0.6 is 0 Å². The summed E-state index contributed by atoms with van der Waals surface area (Å²) in [6, 6.07) is 4.03. The molecule has 2 heterocycles. The van der Waals surface area contributed by atoms with Crippen LogP contribution < -0.4 is 4.74 Å². The van der Waals surface area contributed by atoms with Crippen LogP contribution in [0.3, 0.4) is 0 Å². The van der Waals surface area contributed by atoms with Crippen molar-refractivity contribution in [2.75, 3.05) is 20.1 Å². The number of likely N-dealkylation sites (N-methyl/N-ethyl adjacent to an activating group) is 1. The van der Waals surface area contributed by atoms with E-state index >= 15 is 0 Å². The third kappa shape index (κ3) is 1.62. The van der Waals surface area contributed by atoms with Crippen LogP contribution in [0.4, 0.5) is 0 Å². The van der Waals surface area contributed by atoms with E-state index in [0.29, 0.717) is 5.75 Å². The first kappa shape index (κ1) is 16.4. The van der Waals surface area contributed by atoms with E-state index in [4.69, 9.17) is 4.74 Å². The zero-order chi connectivity index (χ0) is 18.8. The molecule has 4 heteroatoms. The fourth-order valence-corrected chi connectivity index (χ4v) is 7.51. The largest absolute Gasteiger partial charge is 0.504 e. The number of likely N-dealkylation sites (tertiary alicyclic amines) is 1. The van der Waals surface area contributed by atoms with E-state index in [1.165, 1.54) is 24.9 Å². The van der Waals surface area contributed by atoms with Crippen molar-refractivity contribution in [3.63, 3.8) is 0 Å². The Morgan fingerprint density at radius 1 is 1.30 bits per heavy atom. The molecule has 2 bridgehead atoms. The highest BCUT2D eigenvalue weighted by molar-refractivity contribution is 5.65. The van der Waals surface area contributed by atoms with Crippen molar-refractivity contribution in [3.8, 4) is 11.5 Å². The molecule has 0 amide bonds. The Bertz CT molecular complexity index is 892. The molecule has 27 heavy (non-hydrogen) atoms. The van der Waals surface area contributed by atoms with Crippen LogP contribution in [-0.4, -0.2) is 52.1 Å². The molecule has 1 unspecified atom stereocenters. The van der Waals surface area contributed by atoms with Gasteiger partial charge in [-0.3, -0.25) is 0 Å². The third-order valence-corrected chi connectivity index (χ3v) is 9.08. The van der Waals surface area contributed by atoms with Gasteiger partial charge in [-0.25, -0.2) is 0 Å². The van der Waals surface area contributed by atoms with Gasteiger partial charge in [-0.1, -0.05) is 12.6 Å². The lowest BCUT2D eigenvalue weighted by Gasteiger charge is -2.67. The van der Waals surface area contributed by atoms with Crippen LogP contribution in [0.5, 0.6) is 11.5 Å². The number of aromatic hydroxyl groups is 1. The van der Waals surface area contributed by atoms with E-state index in [1.54, 1.807) is 6.07 Å². The van der Waals surface area contributed by atoms with E-state index in [2.05, 4.69) is 26.6 Å². The van der Waals surface area contributed by atoms with E-state index in [9.17, 15) is 10.2 Å². The number of ether oxygens (including phenoxy) is 1. The Morgan fingerprint density at radius 2 is 2.07 bits per heavy atom. The van der Waals surface area contributed by atoms with Crippen LogP contribution in [0.2, 0.25) is 0 Å². The lowest BCUT2D eigenvalue weighted by molar-refractivity contribution is -0.950. The topological polar surface area (TPSA) is 49.7 Å². The molecule has 0 aromatic heterocycles. The number of hydrogen-bond donors (Lipinski definition) is 2. The van der Waals surface area contributed by atoms with Gasteiger partial charge < -0.3 is 19.4 Å². The van der Waals surface area contributed by atoms with Crippen LogP contribution in [-0.2, 0) is 11.8 Å². The first-order chi connectivity index (χ1) is 12.8. The highest BCUT2D eigenvalue weighted by Crippen LogP contribution is 2.70. The molecule has 1 aromatic rings. The first-order valence-electron chi connectivity index (χ1n) is 10.5. The van der Waals surface area contributed by atoms with Crippen molar-refractivity contribution in [2.45, 2.75) is 68.1 Å². The van der Waals surface area contributed by atoms with Crippen LogP contribution in [0.1, 0.15) is 50.2 Å². The molecule has 2 aliphatic heterocycles. The fourth-order valence-electron chi connectivity index (χ4n) is 7.51. The summed E-state index contributed by atoms with van der Waals surface area (Å²) in [7, 11) is 2.37. The van der Waals surface area contributed by atoms with Crippen molar-refractivity contribution in [1.82, 2.24) is 0 Å². The maximum absolute atomic E-state index is 12.4. The maximum Gasteiger partial charge on any atom is 0.166 e. The second-order valence-corrected chi connectivity index (χ2v) is 10.3. The predicted octanol–water partition coefficient (Wildman–Crippen LogP) is 3.05. The Hall–Kier alpha value is -1.52. The summed E-state index contributed by atoms with van der Waals surface area (Å²) >= 11 is 0. The van der Waals surface area contributed by atoms with Crippen molar-refractivity contribution in [3.05, 3.63) is 35.4 Å². The average molecular weight is 368 g/mol. The number of phenols is 1. The van der Waals surface area contributed by atoms with E-state index in [1.807, 2.05) is 0 Å². The molecule has 2 N–H and O–H groups in total. The van der Waals surface area contributed by atoms with Crippen molar-refractivity contribution < 1.29 is 19.4 Å². The molecule has 0 radical (unpaired) electrons. The molecular formula is C23H30NO3+. The van der Waals surface area contributed by atoms with Gasteiger partial charge in [0.25, 0.3) is 0 Å². The van der Waals surface area contributed by atoms with Gasteiger partial charge in [0.15, 0.2) is 11.5 Å². The number of rotatable bonds is 2. The first-order valence-corrected chi connectivity index (χ1v) is 10.5. The number of phenolic OH excluding ortho intramolecular Hbond substituents is 1. The Labute approximate surface area is 161 Å². The summed E-state index contributed by atoms with van der Waals surface area (Å²) in [6.45, 7) is 8.73. The second kappa shape index (κ2) is 4.55. The molecule has 1 spiro atoms. The SMILES string of the molecule is C=C1CC[C@@]2(O)[C@H]3Cc4ccc(O)c5c4[C@@]2(CC[N+]3(C)CC2CC2)[C@@]1(C)O5. The number of benzene rings is 1. The number of hydrogen-bond acceptors (Lipinski definition) is 3. The molecule has 1 saturated heterocycles. The minimum atomic E-state index is -0.809. The lowest BCUT2D eigenvalue weighted by Crippen LogP contribution is -2.82. The molecule has 5 aliphatic rings. The molecule has 1 aromatic carbocycles. The van der Waals surface area contributed by atoms with Crippen molar-refractivity contribution in [2.24, 2.45) is 5.92 Å². The molecule has 4 nitrogen and oxygen atoms in total. The molecule has 6 rings (SSSR count). The van der Waals surface area contributed by atoms with Crippen molar-refractivity contribution in [1.29, 1.82) is 0 Å². The highest BCUT2D eigenvalue weighted by atomic mass is 16.5. The average Bonchev–Trinajstić information content (AvgIpc) is 3.37. The minimum Gasteiger partial charge on any atom is -0.504 e. The standard InChI is InChI=1S/C23H29NO3/c1-14-8-9-23(26)18-12-16-6-7-17(25)20-19(16)22(23,21(14,2)27-20)10-11-24(18,3)13-15-4-5-15/h6-7,15,18,26H,1,4-5,8-13H2,2-3H3/p+1/t18-,21+,22+,23-,24?/m1/s1. The van der Waals surface area contributed by atoms with E-state index in [0.717, 1.165) is 53.8 Å². The molecule has 3 aliphatic carbocycles. The molecular weight excluding hydrogens is 338 g/mol. The number of nitrogens with zero attached hydrogens (tertiary/aromatic N) is 1. The highest BCUT2D eigenvalue weighted by Gasteiger charge is 2.79. The molecule has 144 valence electrons. The number of aliphatic hydroxyl groups is 1. The summed E-state index contributed by atoms with van der Waals surface area (Å²) in [5, 5.41) is 23.0. The summed E-state index contributed by atoms with van der Waals surface area (Å²) in [5.74, 6) is 1.63. The van der Waals surface area contributed by atoms with Gasteiger partial charge in [0.05, 0.1) is 25.6 Å². The Balaban J connectivity index is 1.64. The van der Waals surface area contributed by atoms with E-state index < -0.39 is 16.6 Å². The Morgan fingerprint density at radius 3 is 2.81 bits per heavy atom. The summed E-state index contributed by atoms with van der Waals surface area (Å²) in [5.41, 5.74) is 1.48. The smallest absolute Gasteiger partial charge is 0.166 e. The zero-order valence-corrected chi connectivity index (χ0v) is 16.4. The molecule has 3 fully saturated rings. The summed E-state index contributed by atoms with van der Waals surface area (Å²) in [4.78, 5) is 0. The van der Waals surface area contributed by atoms with E-state index in [-0.39, 0.29) is 11.8 Å². The minimum absolute atomic E-state index is 0.186. The van der Waals surface area contributed by atoms with Gasteiger partial charge in [0.2, 0.25) is 0 Å². The summed E-state index contributed by atoms with van der Waals surface area (Å²) in [6.07, 6.45) is 5.99. The van der Waals surface area contributed by atoms with Crippen molar-refractivity contribution >= 4 is 0 Å². The quantitative estimate of drug-likeness (QED) is 0.623. The number of quaternary nitrogens is 1. The van der Waals surface area contributed by atoms with Gasteiger partial charge in [-0.2, -0.15) is 0 Å². The van der Waals surface area contributed by atoms with Crippen LogP contribution in [0, 0.1) is 5.92 Å². The van der Waals surface area contributed by atoms with Crippen LogP contribution in [0.25, 0.3) is 0 Å². The van der Waals surface area contributed by atoms with Gasteiger partial charge in [0.1, 0.15) is 17.2 Å². The number of piperidine rings is 1. The molecule has 5 atom stereocenters. The second-order valence-electron chi connectivity index (χ2n) is 10.3. The van der Waals surface area contributed by atoms with Gasteiger partial charge >= 0.3 is 0 Å². The fraction of sp³-hybridized carbons (Fsp3) is 0.652. The zero-order valence-electron chi connectivity index (χ0n) is 16.4. The normalized spacial score (nSPS) is 46.8. The Kier molecular flexibility index (Phi) is 2.77. The maximum atomic E-state index is 12.4. The summed E-state index contributed by atoms with van der Waals surface area (Å²) < 4.78 is 7.49. The van der Waals surface area contributed by atoms with Gasteiger partial charge in [-0.05, 0) is 49.8 Å². The van der Waals surface area contributed by atoms with Gasteiger partial charge in [0, 0.05) is 24.3 Å². The monoisotopic (exact) mass is 368 g/mol. The predicted molar refractivity (Wildman–Crippen MR) is 103 cm³/mol.